The van der Waals surface area contributed by atoms with Crippen LogP contribution in [0.25, 0.3) is 11.4 Å². The van der Waals surface area contributed by atoms with Crippen LogP contribution < -0.4 is 0 Å². The molecule has 0 unspecified atom stereocenters. The van der Waals surface area contributed by atoms with Crippen molar-refractivity contribution in [2.24, 2.45) is 0 Å². The first kappa shape index (κ1) is 13.0. The first-order valence-electron chi connectivity index (χ1n) is 5.39. The molecule has 0 saturated carbocycles. The van der Waals surface area contributed by atoms with E-state index in [9.17, 15) is 8.42 Å². The summed E-state index contributed by atoms with van der Waals surface area (Å²) < 4.78 is 25.1. The smallest absolute Gasteiger partial charge is 0.195 e. The average molecular weight is 283 g/mol. The molecule has 0 atom stereocenters. The van der Waals surface area contributed by atoms with Crippen LogP contribution in [0.2, 0.25) is 0 Å². The van der Waals surface area contributed by atoms with Crippen LogP contribution in [-0.4, -0.2) is 29.4 Å². The Labute approximate surface area is 110 Å². The fourth-order valence-electron chi connectivity index (χ4n) is 1.68. The number of nitrogens with one attached hydrogen (secondary N) is 1. The number of sulfone groups is 1. The van der Waals surface area contributed by atoms with E-state index in [1.54, 1.807) is 24.3 Å². The molecule has 0 radical (unpaired) electrons. The first-order valence-corrected chi connectivity index (χ1v) is 7.69. The van der Waals surface area contributed by atoms with E-state index in [0.717, 1.165) is 5.56 Å². The van der Waals surface area contributed by atoms with E-state index in [-0.39, 0.29) is 0 Å². The molecule has 0 aliphatic heterocycles. The van der Waals surface area contributed by atoms with Crippen LogP contribution >= 0.6 is 12.2 Å². The van der Waals surface area contributed by atoms with Gasteiger partial charge in [-0.15, -0.1) is 0 Å². The van der Waals surface area contributed by atoms with E-state index in [1.807, 2.05) is 11.5 Å². The van der Waals surface area contributed by atoms with Gasteiger partial charge in [-0.25, -0.2) is 8.42 Å². The van der Waals surface area contributed by atoms with Crippen molar-refractivity contribution >= 4 is 22.1 Å². The molecule has 0 aliphatic carbocycles. The Bertz CT molecular complexity index is 711. The molecule has 0 aliphatic rings. The van der Waals surface area contributed by atoms with Crippen LogP contribution in [0, 0.1) is 4.77 Å². The zero-order valence-electron chi connectivity index (χ0n) is 10.0. The number of hydrogen-bond donors (Lipinski definition) is 1. The van der Waals surface area contributed by atoms with Gasteiger partial charge in [-0.05, 0) is 43.4 Å². The molecule has 0 amide bonds. The lowest BCUT2D eigenvalue weighted by Gasteiger charge is -2.04. The monoisotopic (exact) mass is 283 g/mol. The average Bonchev–Trinajstić information content (AvgIpc) is 2.69. The van der Waals surface area contributed by atoms with Crippen molar-refractivity contribution in [3.8, 4) is 11.4 Å². The molecule has 1 aromatic heterocycles. The Kier molecular flexibility index (Phi) is 3.36. The quantitative estimate of drug-likeness (QED) is 0.875. The van der Waals surface area contributed by atoms with Crippen molar-refractivity contribution in [1.29, 1.82) is 0 Å². The molecule has 7 heteroatoms. The zero-order valence-corrected chi connectivity index (χ0v) is 11.7. The van der Waals surface area contributed by atoms with E-state index >= 15 is 0 Å². The summed E-state index contributed by atoms with van der Waals surface area (Å²) in [6.45, 7) is 2.68. The number of nitrogens with zero attached hydrogens (tertiary/aromatic N) is 2. The number of benzene rings is 1. The molecule has 96 valence electrons. The molecule has 1 N–H and O–H groups in total. The van der Waals surface area contributed by atoms with Gasteiger partial charge < -0.3 is 4.57 Å². The second kappa shape index (κ2) is 4.66. The fourth-order valence-corrected chi connectivity index (χ4v) is 2.57. The highest BCUT2D eigenvalue weighted by Gasteiger charge is 2.10. The molecule has 5 nitrogen and oxygen atoms in total. The number of aromatic amines is 1. The molecule has 0 bridgehead atoms. The van der Waals surface area contributed by atoms with Gasteiger partial charge in [-0.3, -0.25) is 5.10 Å². The van der Waals surface area contributed by atoms with Crippen molar-refractivity contribution in [1.82, 2.24) is 14.8 Å². The second-order valence-corrected chi connectivity index (χ2v) is 6.30. The summed E-state index contributed by atoms with van der Waals surface area (Å²) in [6, 6.07) is 6.60. The van der Waals surface area contributed by atoms with Gasteiger partial charge in [-0.2, -0.15) is 5.10 Å². The Balaban J connectivity index is 2.50. The minimum absolute atomic E-state index is 0.295. The van der Waals surface area contributed by atoms with Crippen molar-refractivity contribution in [2.45, 2.75) is 18.4 Å². The van der Waals surface area contributed by atoms with E-state index in [4.69, 9.17) is 12.2 Å². The molecule has 1 heterocycles. The highest BCUT2D eigenvalue weighted by Crippen LogP contribution is 2.19. The maximum Gasteiger partial charge on any atom is 0.195 e. The van der Waals surface area contributed by atoms with E-state index in [0.29, 0.717) is 22.0 Å². The SMILES string of the molecule is CCn1c(-c2ccc(S(C)(=O)=O)cc2)n[nH]c1=S. The highest BCUT2D eigenvalue weighted by atomic mass is 32.2. The Morgan fingerprint density at radius 2 is 1.94 bits per heavy atom. The molecule has 2 aromatic rings. The Hall–Kier alpha value is -1.47. The number of rotatable bonds is 3. The van der Waals surface area contributed by atoms with Crippen LogP contribution in [0.15, 0.2) is 29.2 Å². The van der Waals surface area contributed by atoms with Crippen LogP contribution in [-0.2, 0) is 16.4 Å². The molecule has 0 fully saturated rings. The van der Waals surface area contributed by atoms with E-state index in [1.165, 1.54) is 6.26 Å². The number of hydrogen-bond acceptors (Lipinski definition) is 4. The molecule has 18 heavy (non-hydrogen) atoms. The first-order chi connectivity index (χ1) is 8.43. The van der Waals surface area contributed by atoms with Gasteiger partial charge in [0.25, 0.3) is 0 Å². The van der Waals surface area contributed by atoms with Crippen molar-refractivity contribution in [3.05, 3.63) is 29.0 Å². The van der Waals surface area contributed by atoms with Gasteiger partial charge in [0.15, 0.2) is 20.4 Å². The van der Waals surface area contributed by atoms with Crippen LogP contribution in [0.1, 0.15) is 6.92 Å². The van der Waals surface area contributed by atoms with Crippen LogP contribution in [0.5, 0.6) is 0 Å². The van der Waals surface area contributed by atoms with Gasteiger partial charge in [0.05, 0.1) is 4.90 Å². The van der Waals surface area contributed by atoms with Gasteiger partial charge in [-0.1, -0.05) is 0 Å². The lowest BCUT2D eigenvalue weighted by molar-refractivity contribution is 0.602. The van der Waals surface area contributed by atoms with Gasteiger partial charge in [0.1, 0.15) is 0 Å². The molecule has 1 aromatic carbocycles. The highest BCUT2D eigenvalue weighted by molar-refractivity contribution is 7.90. The summed E-state index contributed by atoms with van der Waals surface area (Å²) >= 11 is 5.11. The summed E-state index contributed by atoms with van der Waals surface area (Å²) in [5, 5.41) is 6.87. The van der Waals surface area contributed by atoms with Crippen LogP contribution in [0.4, 0.5) is 0 Å². The normalized spacial score (nSPS) is 11.7. The molecule has 0 spiro atoms. The fraction of sp³-hybridized carbons (Fsp3) is 0.273. The third kappa shape index (κ3) is 2.37. The predicted molar refractivity (Wildman–Crippen MR) is 71.6 cm³/mol. The second-order valence-electron chi connectivity index (χ2n) is 3.89. The Morgan fingerprint density at radius 3 is 2.44 bits per heavy atom. The summed E-state index contributed by atoms with van der Waals surface area (Å²) in [7, 11) is -3.17. The summed E-state index contributed by atoms with van der Waals surface area (Å²) in [6.07, 6.45) is 1.18. The topological polar surface area (TPSA) is 67.8 Å². The third-order valence-electron chi connectivity index (χ3n) is 2.62. The zero-order chi connectivity index (χ0) is 13.3. The summed E-state index contributed by atoms with van der Waals surface area (Å²) in [5.41, 5.74) is 0.830. The standard InChI is InChI=1S/C11H13N3O2S2/c1-3-14-10(12-13-11(14)17)8-4-6-9(7-5-8)18(2,15)16/h4-7H,3H2,1-2H3,(H,13,17). The van der Waals surface area contributed by atoms with Crippen molar-refractivity contribution in [3.63, 3.8) is 0 Å². The maximum absolute atomic E-state index is 11.4. The van der Waals surface area contributed by atoms with Crippen molar-refractivity contribution in [2.75, 3.05) is 6.26 Å². The molecular formula is C11H13N3O2S2. The van der Waals surface area contributed by atoms with Crippen LogP contribution in [0.3, 0.4) is 0 Å². The number of H-pyrrole nitrogens is 1. The minimum Gasteiger partial charge on any atom is -0.300 e. The van der Waals surface area contributed by atoms with E-state index in [2.05, 4.69) is 10.2 Å². The largest absolute Gasteiger partial charge is 0.300 e. The molecule has 2 rings (SSSR count). The van der Waals surface area contributed by atoms with Gasteiger partial charge in [0.2, 0.25) is 0 Å². The van der Waals surface area contributed by atoms with Crippen molar-refractivity contribution < 1.29 is 8.42 Å². The lowest BCUT2D eigenvalue weighted by Crippen LogP contribution is -1.99. The number of aromatic nitrogens is 3. The van der Waals surface area contributed by atoms with E-state index < -0.39 is 9.84 Å². The predicted octanol–water partition coefficient (Wildman–Crippen LogP) is 2.03. The molecule has 0 saturated heterocycles. The molecular weight excluding hydrogens is 270 g/mol. The third-order valence-corrected chi connectivity index (χ3v) is 4.06. The summed E-state index contributed by atoms with van der Waals surface area (Å²) in [5.74, 6) is 0.711. The maximum atomic E-state index is 11.4. The van der Waals surface area contributed by atoms with Gasteiger partial charge in [0, 0.05) is 18.4 Å². The Morgan fingerprint density at radius 1 is 1.33 bits per heavy atom. The van der Waals surface area contributed by atoms with Gasteiger partial charge >= 0.3 is 0 Å². The summed E-state index contributed by atoms with van der Waals surface area (Å²) in [4.78, 5) is 0.295. The lowest BCUT2D eigenvalue weighted by atomic mass is 10.2. The minimum atomic E-state index is -3.17.